The van der Waals surface area contributed by atoms with Crippen LogP contribution < -0.4 is 9.46 Å². The van der Waals surface area contributed by atoms with Crippen molar-refractivity contribution in [2.45, 2.75) is 11.8 Å². The second-order valence-electron chi connectivity index (χ2n) is 4.69. The number of methoxy groups -OCH3 is 1. The Labute approximate surface area is 138 Å². The van der Waals surface area contributed by atoms with Crippen LogP contribution in [0, 0.1) is 6.92 Å². The fraction of sp³-hybridized carbons (Fsp3) is 0.133. The third-order valence-electron chi connectivity index (χ3n) is 3.21. The zero-order valence-corrected chi connectivity index (χ0v) is 13.9. The molecule has 8 heteroatoms. The largest absolute Gasteiger partial charge is 0.495 e. The Hall–Kier alpha value is -2.25. The van der Waals surface area contributed by atoms with Crippen LogP contribution in [0.15, 0.2) is 41.3 Å². The summed E-state index contributed by atoms with van der Waals surface area (Å²) in [5.41, 5.74) is 0.709. The number of aromatic carboxylic acids is 1. The number of hydrogen-bond donors (Lipinski definition) is 2. The molecule has 0 unspecified atom stereocenters. The SMILES string of the molecule is COc1ccc(C(=O)O)cc1S(=O)(=O)Nc1cccc(Cl)c1C. The summed E-state index contributed by atoms with van der Waals surface area (Å²) in [6.07, 6.45) is 0. The van der Waals surface area contributed by atoms with Crippen LogP contribution in [0.25, 0.3) is 0 Å². The molecule has 0 heterocycles. The van der Waals surface area contributed by atoms with Crippen molar-refractivity contribution in [2.24, 2.45) is 0 Å². The molecule has 122 valence electrons. The van der Waals surface area contributed by atoms with Gasteiger partial charge in [-0.25, -0.2) is 13.2 Å². The zero-order valence-electron chi connectivity index (χ0n) is 12.3. The van der Waals surface area contributed by atoms with Gasteiger partial charge in [0.25, 0.3) is 10.0 Å². The minimum atomic E-state index is -4.05. The highest BCUT2D eigenvalue weighted by Gasteiger charge is 2.22. The smallest absolute Gasteiger partial charge is 0.335 e. The van der Waals surface area contributed by atoms with Gasteiger partial charge in [-0.1, -0.05) is 17.7 Å². The van der Waals surface area contributed by atoms with Gasteiger partial charge in [0, 0.05) is 5.02 Å². The Kier molecular flexibility index (Phi) is 4.82. The Morgan fingerprint density at radius 2 is 1.96 bits per heavy atom. The van der Waals surface area contributed by atoms with E-state index in [1.54, 1.807) is 25.1 Å². The summed E-state index contributed by atoms with van der Waals surface area (Å²) >= 11 is 5.98. The van der Waals surface area contributed by atoms with Crippen molar-refractivity contribution in [3.05, 3.63) is 52.5 Å². The van der Waals surface area contributed by atoms with Gasteiger partial charge >= 0.3 is 5.97 Å². The molecule has 0 amide bonds. The summed E-state index contributed by atoms with van der Waals surface area (Å²) in [6, 6.07) is 8.42. The first-order valence-corrected chi connectivity index (χ1v) is 8.31. The summed E-state index contributed by atoms with van der Waals surface area (Å²) in [5, 5.41) is 9.45. The average Bonchev–Trinajstić information content (AvgIpc) is 2.51. The maximum absolute atomic E-state index is 12.6. The third kappa shape index (κ3) is 3.57. The molecule has 2 rings (SSSR count). The molecule has 0 atom stereocenters. The van der Waals surface area contributed by atoms with Crippen LogP contribution in [0.3, 0.4) is 0 Å². The summed E-state index contributed by atoms with van der Waals surface area (Å²) in [4.78, 5) is 10.8. The summed E-state index contributed by atoms with van der Waals surface area (Å²) in [6.45, 7) is 1.67. The quantitative estimate of drug-likeness (QED) is 0.859. The fourth-order valence-electron chi connectivity index (χ4n) is 1.94. The first-order chi connectivity index (χ1) is 10.8. The third-order valence-corrected chi connectivity index (χ3v) is 5.01. The number of carboxylic acids is 1. The van der Waals surface area contributed by atoms with E-state index in [2.05, 4.69) is 4.72 Å². The van der Waals surface area contributed by atoms with Gasteiger partial charge < -0.3 is 9.84 Å². The predicted molar refractivity (Wildman–Crippen MR) is 87.0 cm³/mol. The number of nitrogens with one attached hydrogen (secondary N) is 1. The molecular weight excluding hydrogens is 342 g/mol. The van der Waals surface area contributed by atoms with Gasteiger partial charge in [-0.2, -0.15) is 0 Å². The molecule has 0 radical (unpaired) electrons. The minimum absolute atomic E-state index is 0.0437. The van der Waals surface area contributed by atoms with Gasteiger partial charge in [0.05, 0.1) is 18.4 Å². The van der Waals surface area contributed by atoms with Crippen molar-refractivity contribution < 1.29 is 23.1 Å². The Bertz CT molecular complexity index is 864. The number of ether oxygens (including phenoxy) is 1. The lowest BCUT2D eigenvalue weighted by atomic mass is 10.2. The summed E-state index contributed by atoms with van der Waals surface area (Å²) in [5.74, 6) is -1.19. The number of halogens is 1. The molecule has 2 aromatic carbocycles. The standard InChI is InChI=1S/C15H14ClNO5S/c1-9-11(16)4-3-5-12(9)17-23(20,21)14-8-10(15(18)19)6-7-13(14)22-2/h3-8,17H,1-2H3,(H,18,19). The molecule has 0 fully saturated rings. The lowest BCUT2D eigenvalue weighted by molar-refractivity contribution is 0.0696. The van der Waals surface area contributed by atoms with Gasteiger partial charge in [-0.3, -0.25) is 4.72 Å². The van der Waals surface area contributed by atoms with E-state index in [0.717, 1.165) is 6.07 Å². The van der Waals surface area contributed by atoms with E-state index in [9.17, 15) is 13.2 Å². The average molecular weight is 356 g/mol. The Balaban J connectivity index is 2.53. The van der Waals surface area contributed by atoms with E-state index < -0.39 is 16.0 Å². The Morgan fingerprint density at radius 1 is 1.26 bits per heavy atom. The fourth-order valence-corrected chi connectivity index (χ4v) is 3.43. The molecule has 0 bridgehead atoms. The highest BCUT2D eigenvalue weighted by Crippen LogP contribution is 2.29. The van der Waals surface area contributed by atoms with Crippen molar-refractivity contribution in [1.82, 2.24) is 0 Å². The van der Waals surface area contributed by atoms with Gasteiger partial charge in [0.2, 0.25) is 0 Å². The highest BCUT2D eigenvalue weighted by atomic mass is 35.5. The number of rotatable bonds is 5. The van der Waals surface area contributed by atoms with Crippen LogP contribution in [0.5, 0.6) is 5.75 Å². The summed E-state index contributed by atoms with van der Waals surface area (Å²) in [7, 11) is -2.74. The van der Waals surface area contributed by atoms with E-state index in [4.69, 9.17) is 21.4 Å². The lowest BCUT2D eigenvalue weighted by Gasteiger charge is -2.14. The van der Waals surface area contributed by atoms with Gasteiger partial charge in [-0.15, -0.1) is 0 Å². The molecule has 0 spiro atoms. The number of carbonyl (C=O) groups is 1. The topological polar surface area (TPSA) is 92.7 Å². The lowest BCUT2D eigenvalue weighted by Crippen LogP contribution is -2.15. The molecule has 6 nitrogen and oxygen atoms in total. The van der Waals surface area contributed by atoms with Crippen LogP contribution >= 0.6 is 11.6 Å². The summed E-state index contributed by atoms with van der Waals surface area (Å²) < 4.78 is 32.6. The highest BCUT2D eigenvalue weighted by molar-refractivity contribution is 7.92. The first-order valence-electron chi connectivity index (χ1n) is 6.45. The van der Waals surface area contributed by atoms with Crippen molar-refractivity contribution in [1.29, 1.82) is 0 Å². The molecule has 0 aliphatic rings. The molecule has 23 heavy (non-hydrogen) atoms. The second-order valence-corrected chi connectivity index (χ2v) is 6.75. The van der Waals surface area contributed by atoms with Crippen molar-refractivity contribution in [2.75, 3.05) is 11.8 Å². The zero-order chi connectivity index (χ0) is 17.2. The van der Waals surface area contributed by atoms with Crippen LogP contribution in [-0.4, -0.2) is 26.6 Å². The number of sulfonamides is 1. The maximum atomic E-state index is 12.6. The van der Waals surface area contributed by atoms with Crippen molar-refractivity contribution >= 4 is 33.3 Å². The molecule has 0 aliphatic heterocycles. The Morgan fingerprint density at radius 3 is 2.57 bits per heavy atom. The maximum Gasteiger partial charge on any atom is 0.335 e. The molecular formula is C15H14ClNO5S. The van der Waals surface area contributed by atoms with Gasteiger partial charge in [-0.05, 0) is 42.8 Å². The number of carboxylic acid groups (broad SMARTS) is 1. The minimum Gasteiger partial charge on any atom is -0.495 e. The molecule has 2 aromatic rings. The van der Waals surface area contributed by atoms with Crippen LogP contribution in [0.4, 0.5) is 5.69 Å². The van der Waals surface area contributed by atoms with Crippen molar-refractivity contribution in [3.63, 3.8) is 0 Å². The van der Waals surface area contributed by atoms with E-state index in [0.29, 0.717) is 16.3 Å². The van der Waals surface area contributed by atoms with Crippen LogP contribution in [-0.2, 0) is 10.0 Å². The predicted octanol–water partition coefficient (Wildman–Crippen LogP) is 3.16. The van der Waals surface area contributed by atoms with Crippen LogP contribution in [0.1, 0.15) is 15.9 Å². The van der Waals surface area contributed by atoms with E-state index in [-0.39, 0.29) is 16.2 Å². The molecule has 2 N–H and O–H groups in total. The van der Waals surface area contributed by atoms with E-state index in [1.807, 2.05) is 0 Å². The molecule has 0 aromatic heterocycles. The number of hydrogen-bond acceptors (Lipinski definition) is 4. The first kappa shape index (κ1) is 17.1. The van der Waals surface area contributed by atoms with Crippen LogP contribution in [0.2, 0.25) is 5.02 Å². The van der Waals surface area contributed by atoms with Gasteiger partial charge in [0.1, 0.15) is 10.6 Å². The van der Waals surface area contributed by atoms with Crippen molar-refractivity contribution in [3.8, 4) is 5.75 Å². The normalized spacial score (nSPS) is 11.1. The molecule has 0 saturated heterocycles. The van der Waals surface area contributed by atoms with E-state index in [1.165, 1.54) is 19.2 Å². The monoisotopic (exact) mass is 355 g/mol. The van der Waals surface area contributed by atoms with E-state index >= 15 is 0 Å². The number of anilines is 1. The molecule has 0 aliphatic carbocycles. The second kappa shape index (κ2) is 6.47. The number of benzene rings is 2. The van der Waals surface area contributed by atoms with Gasteiger partial charge in [0.15, 0.2) is 0 Å². The molecule has 0 saturated carbocycles.